The maximum absolute atomic E-state index is 13.0. The van der Waals surface area contributed by atoms with E-state index in [2.05, 4.69) is 26.6 Å². The number of carbonyl (C=O) groups is 1. The van der Waals surface area contributed by atoms with Crippen molar-refractivity contribution in [2.75, 3.05) is 12.4 Å². The zero-order valence-corrected chi connectivity index (χ0v) is 17.6. The SMILES string of the molecule is COc1n[c]nc(Nc2ccc3c(c2)C2(OC3=O)c3ccc(O)cc3Oc3cc(O)ccc32)n1. The van der Waals surface area contributed by atoms with Crippen LogP contribution in [0.4, 0.5) is 11.6 Å². The highest BCUT2D eigenvalue weighted by Gasteiger charge is 2.53. The molecule has 0 fully saturated rings. The third-order valence-electron chi connectivity index (χ3n) is 5.72. The Morgan fingerprint density at radius 1 is 0.941 bits per heavy atom. The summed E-state index contributed by atoms with van der Waals surface area (Å²) in [6.07, 6.45) is 2.46. The molecule has 3 N–H and O–H groups in total. The molecule has 10 heteroatoms. The van der Waals surface area contributed by atoms with Gasteiger partial charge >= 0.3 is 12.0 Å². The number of hydrogen-bond acceptors (Lipinski definition) is 10. The molecule has 1 spiro atoms. The molecule has 0 aliphatic carbocycles. The molecule has 34 heavy (non-hydrogen) atoms. The second-order valence-electron chi connectivity index (χ2n) is 7.66. The number of phenols is 2. The Hall–Kier alpha value is -4.86. The average Bonchev–Trinajstić information content (AvgIpc) is 3.11. The highest BCUT2D eigenvalue weighted by molar-refractivity contribution is 5.97. The Labute approximate surface area is 192 Å². The first-order valence-corrected chi connectivity index (χ1v) is 10.1. The number of esters is 1. The molecule has 3 heterocycles. The van der Waals surface area contributed by atoms with Gasteiger partial charge in [0, 0.05) is 34.5 Å². The monoisotopic (exact) mass is 455 g/mol. The lowest BCUT2D eigenvalue weighted by Crippen LogP contribution is -2.33. The molecule has 2 aliphatic rings. The predicted octanol–water partition coefficient (Wildman–Crippen LogP) is 3.40. The summed E-state index contributed by atoms with van der Waals surface area (Å²) in [4.78, 5) is 24.9. The number of rotatable bonds is 3. The lowest BCUT2D eigenvalue weighted by atomic mass is 9.77. The van der Waals surface area contributed by atoms with E-state index in [0.717, 1.165) is 0 Å². The molecule has 167 valence electrons. The Bertz CT molecular complexity index is 1440. The number of ether oxygens (including phenoxy) is 3. The summed E-state index contributed by atoms with van der Waals surface area (Å²) in [6.45, 7) is 0. The van der Waals surface area contributed by atoms with Crippen molar-refractivity contribution in [3.63, 3.8) is 0 Å². The molecule has 0 atom stereocenters. The van der Waals surface area contributed by atoms with Crippen LogP contribution in [-0.4, -0.2) is 38.2 Å². The van der Waals surface area contributed by atoms with Crippen molar-refractivity contribution in [2.24, 2.45) is 0 Å². The third kappa shape index (κ3) is 2.82. The number of hydrogen-bond donors (Lipinski definition) is 3. The predicted molar refractivity (Wildman–Crippen MR) is 117 cm³/mol. The number of nitrogens with zero attached hydrogens (tertiary/aromatic N) is 3. The molecule has 0 bridgehead atoms. The van der Waals surface area contributed by atoms with Gasteiger partial charge in [-0.3, -0.25) is 0 Å². The van der Waals surface area contributed by atoms with Gasteiger partial charge in [-0.15, -0.1) is 0 Å². The van der Waals surface area contributed by atoms with E-state index in [9.17, 15) is 15.0 Å². The van der Waals surface area contributed by atoms with Crippen molar-refractivity contribution in [2.45, 2.75) is 5.60 Å². The van der Waals surface area contributed by atoms with Gasteiger partial charge < -0.3 is 29.7 Å². The zero-order valence-electron chi connectivity index (χ0n) is 17.6. The maximum Gasteiger partial charge on any atom is 0.340 e. The van der Waals surface area contributed by atoms with E-state index in [1.54, 1.807) is 30.3 Å². The van der Waals surface area contributed by atoms with E-state index in [1.807, 2.05) is 0 Å². The van der Waals surface area contributed by atoms with Crippen molar-refractivity contribution >= 4 is 17.6 Å². The summed E-state index contributed by atoms with van der Waals surface area (Å²) in [6, 6.07) is 14.4. The van der Waals surface area contributed by atoms with Crippen LogP contribution < -0.4 is 14.8 Å². The summed E-state index contributed by atoms with van der Waals surface area (Å²) >= 11 is 0. The van der Waals surface area contributed by atoms with Crippen LogP contribution in [0, 0.1) is 6.33 Å². The minimum absolute atomic E-state index is 0.0162. The molecular formula is C24H15N4O6. The molecule has 3 aromatic carbocycles. The number of phenolic OH excluding ortho intramolecular Hbond substituents is 2. The van der Waals surface area contributed by atoms with E-state index < -0.39 is 11.6 Å². The Morgan fingerprint density at radius 2 is 1.65 bits per heavy atom. The fourth-order valence-corrected chi connectivity index (χ4v) is 4.31. The van der Waals surface area contributed by atoms with Crippen LogP contribution in [0.15, 0.2) is 54.6 Å². The fourth-order valence-electron chi connectivity index (χ4n) is 4.31. The summed E-state index contributed by atoms with van der Waals surface area (Å²) in [7, 11) is 1.44. The number of nitrogens with one attached hydrogen (secondary N) is 1. The smallest absolute Gasteiger partial charge is 0.340 e. The van der Waals surface area contributed by atoms with Crippen LogP contribution in [0.1, 0.15) is 27.0 Å². The first-order chi connectivity index (χ1) is 16.5. The van der Waals surface area contributed by atoms with Crippen molar-refractivity contribution < 1.29 is 29.2 Å². The summed E-state index contributed by atoms with van der Waals surface area (Å²) in [5, 5.41) is 23.1. The lowest BCUT2D eigenvalue weighted by molar-refractivity contribution is 0.0224. The topological polar surface area (TPSA) is 136 Å². The molecule has 1 radical (unpaired) electrons. The molecule has 6 rings (SSSR count). The van der Waals surface area contributed by atoms with Gasteiger partial charge in [0.1, 0.15) is 23.0 Å². The third-order valence-corrected chi connectivity index (χ3v) is 5.72. The number of fused-ring (bicyclic) bond motifs is 6. The first kappa shape index (κ1) is 19.8. The lowest BCUT2D eigenvalue weighted by Gasteiger charge is -2.36. The molecule has 0 saturated carbocycles. The number of aromatic nitrogens is 3. The Kier molecular flexibility index (Phi) is 4.12. The normalized spacial score (nSPS) is 14.4. The highest BCUT2D eigenvalue weighted by atomic mass is 16.6. The molecule has 0 amide bonds. The van der Waals surface area contributed by atoms with Gasteiger partial charge in [-0.25, -0.2) is 4.79 Å². The van der Waals surface area contributed by atoms with Gasteiger partial charge in [-0.1, -0.05) is 0 Å². The van der Waals surface area contributed by atoms with Gasteiger partial charge in [-0.05, 0) is 42.5 Å². The summed E-state index contributed by atoms with van der Waals surface area (Å²) < 4.78 is 17.0. The van der Waals surface area contributed by atoms with E-state index in [0.29, 0.717) is 39.4 Å². The molecular weight excluding hydrogens is 440 g/mol. The second kappa shape index (κ2) is 7.07. The van der Waals surface area contributed by atoms with Crippen molar-refractivity contribution in [1.29, 1.82) is 0 Å². The number of aromatic hydroxyl groups is 2. The van der Waals surface area contributed by atoms with E-state index in [4.69, 9.17) is 14.2 Å². The Balaban J connectivity index is 1.56. The second-order valence-corrected chi connectivity index (χ2v) is 7.66. The molecule has 2 aliphatic heterocycles. The van der Waals surface area contributed by atoms with Crippen LogP contribution in [0.3, 0.4) is 0 Å². The minimum Gasteiger partial charge on any atom is -0.508 e. The van der Waals surface area contributed by atoms with E-state index in [1.165, 1.54) is 31.4 Å². The van der Waals surface area contributed by atoms with Gasteiger partial charge in [0.05, 0.1) is 12.7 Å². The van der Waals surface area contributed by atoms with Gasteiger partial charge in [0.25, 0.3) is 0 Å². The zero-order chi connectivity index (χ0) is 23.4. The number of carbonyl (C=O) groups excluding carboxylic acids is 1. The Morgan fingerprint density at radius 3 is 2.32 bits per heavy atom. The molecule has 4 aromatic rings. The average molecular weight is 455 g/mol. The van der Waals surface area contributed by atoms with Crippen LogP contribution in [0.2, 0.25) is 0 Å². The number of anilines is 2. The van der Waals surface area contributed by atoms with Gasteiger partial charge in [0.2, 0.25) is 12.3 Å². The standard InChI is InChI=1S/C24H15N4O6/c1-32-23-26-11-25-22(28-23)27-12-2-5-15-18(8-12)24(34-21(15)31)16-6-3-13(29)9-19(16)33-20-10-14(30)4-7-17(20)24/h2-10,29-30H,1H3,(H,25,26,27,28). The first-order valence-electron chi connectivity index (χ1n) is 10.1. The van der Waals surface area contributed by atoms with Crippen molar-refractivity contribution in [1.82, 2.24) is 15.0 Å². The largest absolute Gasteiger partial charge is 0.508 e. The number of benzene rings is 3. The molecule has 1 aromatic heterocycles. The van der Waals surface area contributed by atoms with E-state index in [-0.39, 0.29) is 23.5 Å². The van der Waals surface area contributed by atoms with Crippen molar-refractivity contribution in [3.8, 4) is 29.0 Å². The maximum atomic E-state index is 13.0. The van der Waals surface area contributed by atoms with E-state index >= 15 is 0 Å². The molecule has 0 unspecified atom stereocenters. The quantitative estimate of drug-likeness (QED) is 0.394. The summed E-state index contributed by atoms with van der Waals surface area (Å²) in [5.74, 6) is 0.253. The number of methoxy groups -OCH3 is 1. The molecule has 0 saturated heterocycles. The van der Waals surface area contributed by atoms with Gasteiger partial charge in [-0.2, -0.15) is 15.0 Å². The fraction of sp³-hybridized carbons (Fsp3) is 0.0833. The minimum atomic E-state index is -1.36. The van der Waals surface area contributed by atoms with Crippen LogP contribution in [0.5, 0.6) is 29.0 Å². The highest BCUT2D eigenvalue weighted by Crippen LogP contribution is 2.57. The van der Waals surface area contributed by atoms with Gasteiger partial charge in [0.15, 0.2) is 5.60 Å². The summed E-state index contributed by atoms with van der Waals surface area (Å²) in [5.41, 5.74) is 1.19. The molecule has 10 nitrogen and oxygen atoms in total. The van der Waals surface area contributed by atoms with Crippen LogP contribution >= 0.6 is 0 Å². The van der Waals surface area contributed by atoms with Crippen LogP contribution in [0.25, 0.3) is 0 Å². The van der Waals surface area contributed by atoms with Crippen molar-refractivity contribution in [3.05, 3.63) is 83.2 Å². The van der Waals surface area contributed by atoms with Crippen LogP contribution in [-0.2, 0) is 10.3 Å².